The van der Waals surface area contributed by atoms with Crippen LogP contribution in [0.4, 0.5) is 5.69 Å². The normalized spacial score (nSPS) is 11.9. The van der Waals surface area contributed by atoms with Crippen molar-refractivity contribution < 1.29 is 18.0 Å². The van der Waals surface area contributed by atoms with Crippen molar-refractivity contribution in [3.05, 3.63) is 132 Å². The number of rotatable bonds is 12. The van der Waals surface area contributed by atoms with Crippen LogP contribution in [0, 0.1) is 0 Å². The van der Waals surface area contributed by atoms with Gasteiger partial charge in [-0.05, 0) is 47.4 Å². The fourth-order valence-corrected chi connectivity index (χ4v) is 6.08. The molecule has 1 N–H and O–H groups in total. The van der Waals surface area contributed by atoms with Gasteiger partial charge in [0.15, 0.2) is 0 Å². The number of sulfonamides is 1. The van der Waals surface area contributed by atoms with Gasteiger partial charge in [0.1, 0.15) is 12.6 Å². The molecule has 1 atom stereocenters. The maximum atomic E-state index is 14.2. The molecule has 2 amide bonds. The molecule has 0 aromatic heterocycles. The lowest BCUT2D eigenvalue weighted by atomic mass is 10.0. The zero-order chi connectivity index (χ0) is 29.2. The van der Waals surface area contributed by atoms with Crippen molar-refractivity contribution in [2.75, 3.05) is 17.9 Å². The first kappa shape index (κ1) is 29.6. The number of amides is 2. The number of nitrogens with one attached hydrogen (secondary N) is 1. The van der Waals surface area contributed by atoms with E-state index in [1.807, 2.05) is 79.7 Å². The van der Waals surface area contributed by atoms with Crippen LogP contribution in [0.5, 0.6) is 0 Å². The summed E-state index contributed by atoms with van der Waals surface area (Å²) in [5, 5.41) is 2.70. The first-order valence-electron chi connectivity index (χ1n) is 13.6. The van der Waals surface area contributed by atoms with Gasteiger partial charge in [0.25, 0.3) is 10.0 Å². The number of hydrogen-bond donors (Lipinski definition) is 1. The SMILES string of the molecule is CCc1ccc(N(CC(=O)N(Cc2ccccc2)C(Cc2ccccc2)C(=O)NC)S(=O)(=O)c2ccccc2)cc1. The number of aryl methyl sites for hydroxylation is 1. The van der Waals surface area contributed by atoms with Crippen LogP contribution >= 0.6 is 0 Å². The highest BCUT2D eigenvalue weighted by Gasteiger charge is 2.34. The summed E-state index contributed by atoms with van der Waals surface area (Å²) in [6.07, 6.45) is 1.07. The van der Waals surface area contributed by atoms with Crippen molar-refractivity contribution in [3.8, 4) is 0 Å². The van der Waals surface area contributed by atoms with Crippen LogP contribution < -0.4 is 9.62 Å². The number of anilines is 1. The molecule has 0 heterocycles. The largest absolute Gasteiger partial charge is 0.357 e. The summed E-state index contributed by atoms with van der Waals surface area (Å²) in [5.74, 6) is -0.819. The molecule has 0 aliphatic rings. The molecule has 0 radical (unpaired) electrons. The van der Waals surface area contributed by atoms with Gasteiger partial charge in [0, 0.05) is 20.0 Å². The Morgan fingerprint density at radius 2 is 1.27 bits per heavy atom. The minimum absolute atomic E-state index is 0.0779. The van der Waals surface area contributed by atoms with E-state index in [1.54, 1.807) is 30.3 Å². The van der Waals surface area contributed by atoms with E-state index < -0.39 is 28.5 Å². The molecule has 0 saturated heterocycles. The summed E-state index contributed by atoms with van der Waals surface area (Å²) in [7, 11) is -2.57. The van der Waals surface area contributed by atoms with Crippen molar-refractivity contribution in [1.29, 1.82) is 0 Å². The Balaban J connectivity index is 1.76. The number of nitrogens with zero attached hydrogens (tertiary/aromatic N) is 2. The standard InChI is InChI=1S/C33H35N3O4S/c1-3-26-19-21-29(22-20-26)36(41(39,40)30-17-11-6-12-18-30)25-32(37)35(24-28-15-9-5-10-16-28)31(33(38)34-2)23-27-13-7-4-8-14-27/h4-22,31H,3,23-25H2,1-2H3,(H,34,38). The monoisotopic (exact) mass is 569 g/mol. The highest BCUT2D eigenvalue weighted by atomic mass is 32.2. The van der Waals surface area contributed by atoms with Crippen molar-refractivity contribution in [1.82, 2.24) is 10.2 Å². The maximum Gasteiger partial charge on any atom is 0.264 e. The minimum Gasteiger partial charge on any atom is -0.357 e. The molecule has 0 bridgehead atoms. The van der Waals surface area contributed by atoms with E-state index in [0.29, 0.717) is 5.69 Å². The fourth-order valence-electron chi connectivity index (χ4n) is 4.65. The second-order valence-electron chi connectivity index (χ2n) is 9.67. The highest BCUT2D eigenvalue weighted by molar-refractivity contribution is 7.92. The van der Waals surface area contributed by atoms with E-state index in [9.17, 15) is 18.0 Å². The lowest BCUT2D eigenvalue weighted by Crippen LogP contribution is -2.53. The predicted octanol–water partition coefficient (Wildman–Crippen LogP) is 4.83. The van der Waals surface area contributed by atoms with Gasteiger partial charge in [-0.2, -0.15) is 0 Å². The van der Waals surface area contributed by atoms with Crippen LogP contribution in [0.15, 0.2) is 120 Å². The summed E-state index contributed by atoms with van der Waals surface area (Å²) in [6, 6.07) is 33.2. The van der Waals surface area contributed by atoms with Gasteiger partial charge in [0.2, 0.25) is 11.8 Å². The first-order chi connectivity index (χ1) is 19.8. The molecule has 0 fully saturated rings. The van der Waals surface area contributed by atoms with Gasteiger partial charge in [-0.25, -0.2) is 8.42 Å². The molecule has 4 rings (SSSR count). The van der Waals surface area contributed by atoms with Gasteiger partial charge in [-0.15, -0.1) is 0 Å². The van der Waals surface area contributed by atoms with Gasteiger partial charge in [0.05, 0.1) is 10.6 Å². The van der Waals surface area contributed by atoms with Crippen molar-refractivity contribution in [2.24, 2.45) is 0 Å². The van der Waals surface area contributed by atoms with Crippen LogP contribution in [-0.2, 0) is 39.0 Å². The molecular formula is C33H35N3O4S. The molecule has 4 aromatic rings. The Morgan fingerprint density at radius 1 is 0.732 bits per heavy atom. The molecule has 0 aliphatic heterocycles. The Hall–Kier alpha value is -4.43. The molecule has 0 saturated carbocycles. The molecular weight excluding hydrogens is 534 g/mol. The second kappa shape index (κ2) is 13.8. The second-order valence-corrected chi connectivity index (χ2v) is 11.5. The molecule has 41 heavy (non-hydrogen) atoms. The van der Waals surface area contributed by atoms with Crippen LogP contribution in [0.1, 0.15) is 23.6 Å². The van der Waals surface area contributed by atoms with Gasteiger partial charge in [-0.1, -0.05) is 97.9 Å². The van der Waals surface area contributed by atoms with Crippen molar-refractivity contribution in [3.63, 3.8) is 0 Å². The average Bonchev–Trinajstić information content (AvgIpc) is 3.02. The van der Waals surface area contributed by atoms with Crippen LogP contribution in [-0.4, -0.2) is 44.8 Å². The maximum absolute atomic E-state index is 14.2. The zero-order valence-corrected chi connectivity index (χ0v) is 24.1. The summed E-state index contributed by atoms with van der Waals surface area (Å²) in [4.78, 5) is 29.0. The summed E-state index contributed by atoms with van der Waals surface area (Å²) < 4.78 is 29.0. The number of hydrogen-bond acceptors (Lipinski definition) is 4. The molecule has 0 spiro atoms. The van der Waals surface area contributed by atoms with Crippen LogP contribution in [0.2, 0.25) is 0 Å². The van der Waals surface area contributed by atoms with E-state index in [2.05, 4.69) is 5.32 Å². The van der Waals surface area contributed by atoms with E-state index in [1.165, 1.54) is 24.1 Å². The molecule has 0 aliphatic carbocycles. The van der Waals surface area contributed by atoms with Gasteiger partial charge < -0.3 is 10.2 Å². The Morgan fingerprint density at radius 3 is 1.80 bits per heavy atom. The summed E-state index contributed by atoms with van der Waals surface area (Å²) in [5.41, 5.74) is 3.13. The average molecular weight is 570 g/mol. The number of carbonyl (C=O) groups is 2. The van der Waals surface area contributed by atoms with E-state index in [4.69, 9.17) is 0 Å². The van der Waals surface area contributed by atoms with Crippen LogP contribution in [0.3, 0.4) is 0 Å². The molecule has 7 nitrogen and oxygen atoms in total. The van der Waals surface area contributed by atoms with E-state index in [0.717, 1.165) is 27.4 Å². The van der Waals surface area contributed by atoms with Gasteiger partial charge >= 0.3 is 0 Å². The summed E-state index contributed by atoms with van der Waals surface area (Å²) in [6.45, 7) is 1.68. The predicted molar refractivity (Wildman–Crippen MR) is 162 cm³/mol. The molecule has 4 aromatic carbocycles. The Labute approximate surface area is 242 Å². The lowest BCUT2D eigenvalue weighted by Gasteiger charge is -2.33. The minimum atomic E-state index is -4.10. The fraction of sp³-hybridized carbons (Fsp3) is 0.212. The third kappa shape index (κ3) is 7.41. The quantitative estimate of drug-likeness (QED) is 0.265. The number of benzene rings is 4. The third-order valence-electron chi connectivity index (χ3n) is 6.96. The Kier molecular flexibility index (Phi) is 9.92. The smallest absolute Gasteiger partial charge is 0.264 e. The lowest BCUT2D eigenvalue weighted by molar-refractivity contribution is -0.139. The Bertz CT molecular complexity index is 1530. The number of likely N-dealkylation sites (N-methyl/N-ethyl adjacent to an activating group) is 1. The van der Waals surface area contributed by atoms with E-state index >= 15 is 0 Å². The molecule has 1 unspecified atom stereocenters. The third-order valence-corrected chi connectivity index (χ3v) is 8.74. The number of carbonyl (C=O) groups excluding carboxylic acids is 2. The highest BCUT2D eigenvalue weighted by Crippen LogP contribution is 2.25. The van der Waals surface area contributed by atoms with Gasteiger partial charge in [-0.3, -0.25) is 13.9 Å². The van der Waals surface area contributed by atoms with Crippen molar-refractivity contribution >= 4 is 27.5 Å². The van der Waals surface area contributed by atoms with Crippen molar-refractivity contribution in [2.45, 2.75) is 37.2 Å². The zero-order valence-electron chi connectivity index (χ0n) is 23.3. The topological polar surface area (TPSA) is 86.8 Å². The first-order valence-corrected chi connectivity index (χ1v) is 15.0. The summed E-state index contributed by atoms with van der Waals surface area (Å²) >= 11 is 0. The molecule has 212 valence electrons. The van der Waals surface area contributed by atoms with E-state index in [-0.39, 0.29) is 23.8 Å². The van der Waals surface area contributed by atoms with Crippen LogP contribution in [0.25, 0.3) is 0 Å². The molecule has 8 heteroatoms.